The van der Waals surface area contributed by atoms with E-state index in [-0.39, 0.29) is 23.0 Å². The maximum absolute atomic E-state index is 13.8. The highest BCUT2D eigenvalue weighted by atomic mass is 19.4. The Morgan fingerprint density at radius 3 is 2.62 bits per heavy atom. The van der Waals surface area contributed by atoms with E-state index in [2.05, 4.69) is 25.6 Å². The summed E-state index contributed by atoms with van der Waals surface area (Å²) in [5, 5.41) is 5.13. The first-order valence-corrected chi connectivity index (χ1v) is 11.8. The minimum Gasteiger partial charge on any atom is -0.439 e. The van der Waals surface area contributed by atoms with Gasteiger partial charge in [0.1, 0.15) is 17.9 Å². The summed E-state index contributed by atoms with van der Waals surface area (Å²) >= 11 is 0. The molecule has 1 aliphatic heterocycles. The van der Waals surface area contributed by atoms with Gasteiger partial charge in [-0.2, -0.15) is 13.2 Å². The molecule has 0 aliphatic carbocycles. The first-order valence-electron chi connectivity index (χ1n) is 11.8. The summed E-state index contributed by atoms with van der Waals surface area (Å²) in [7, 11) is 0. The van der Waals surface area contributed by atoms with Crippen LogP contribution in [0.4, 0.5) is 35.2 Å². The summed E-state index contributed by atoms with van der Waals surface area (Å²) in [6.07, 6.45) is -0.0136. The van der Waals surface area contributed by atoms with Gasteiger partial charge >= 0.3 is 12.2 Å². The van der Waals surface area contributed by atoms with Gasteiger partial charge in [-0.25, -0.2) is 14.8 Å². The second kappa shape index (κ2) is 10.4. The van der Waals surface area contributed by atoms with E-state index < -0.39 is 17.8 Å². The molecule has 3 amide bonds. The maximum Gasteiger partial charge on any atom is 0.417 e. The number of amides is 3. The highest BCUT2D eigenvalue weighted by Crippen LogP contribution is 2.39. The third-order valence-corrected chi connectivity index (χ3v) is 5.91. The van der Waals surface area contributed by atoms with Crippen LogP contribution in [0.1, 0.15) is 18.1 Å². The summed E-state index contributed by atoms with van der Waals surface area (Å²) in [6, 6.07) is 12.8. The predicted octanol–water partition coefficient (Wildman–Crippen LogP) is 5.90. The normalized spacial score (nSPS) is 12.6. The molecular weight excluding hydrogens is 513 g/mol. The van der Waals surface area contributed by atoms with Crippen molar-refractivity contribution >= 4 is 29.1 Å². The van der Waals surface area contributed by atoms with Crippen LogP contribution in [0.3, 0.4) is 0 Å². The quantitative estimate of drug-likeness (QED) is 0.330. The summed E-state index contributed by atoms with van der Waals surface area (Å²) in [6.45, 7) is 1.70. The number of fused-ring (bicyclic) bond motifs is 1. The smallest absolute Gasteiger partial charge is 0.417 e. The van der Waals surface area contributed by atoms with Crippen molar-refractivity contribution in [3.8, 4) is 22.8 Å². The van der Waals surface area contributed by atoms with Crippen LogP contribution in [0, 0.1) is 0 Å². The molecule has 9 nitrogen and oxygen atoms in total. The van der Waals surface area contributed by atoms with Gasteiger partial charge in [-0.15, -0.1) is 0 Å². The highest BCUT2D eigenvalue weighted by molar-refractivity contribution is 6.03. The number of carbonyl (C=O) groups excluding carboxylic acids is 2. The Kier molecular flexibility index (Phi) is 6.84. The van der Waals surface area contributed by atoms with Gasteiger partial charge in [0.05, 0.1) is 5.56 Å². The Balaban J connectivity index is 1.32. The van der Waals surface area contributed by atoms with Gasteiger partial charge in [-0.3, -0.25) is 14.7 Å². The fourth-order valence-electron chi connectivity index (χ4n) is 4.24. The average Bonchev–Trinajstić information content (AvgIpc) is 3.32. The van der Waals surface area contributed by atoms with E-state index in [9.17, 15) is 22.8 Å². The van der Waals surface area contributed by atoms with Crippen LogP contribution in [0.25, 0.3) is 11.1 Å². The van der Waals surface area contributed by atoms with Crippen molar-refractivity contribution in [3.63, 3.8) is 0 Å². The zero-order valence-electron chi connectivity index (χ0n) is 20.5. The molecule has 5 rings (SSSR count). The van der Waals surface area contributed by atoms with E-state index in [0.29, 0.717) is 35.8 Å². The number of rotatable bonds is 5. The maximum atomic E-state index is 13.8. The molecule has 2 N–H and O–H groups in total. The number of anilines is 3. The number of nitrogens with one attached hydrogen (secondary N) is 2. The molecule has 39 heavy (non-hydrogen) atoms. The Morgan fingerprint density at radius 1 is 1.03 bits per heavy atom. The van der Waals surface area contributed by atoms with Gasteiger partial charge in [0.15, 0.2) is 0 Å². The molecule has 4 aromatic rings. The molecule has 0 saturated heterocycles. The number of urea groups is 1. The van der Waals surface area contributed by atoms with Crippen molar-refractivity contribution in [2.24, 2.45) is 0 Å². The standard InChI is InChI=1S/C27H21F3N6O3/c1-16(37)34-24-13-25(33-15-32-24)39-20-5-7-23-17(11-20)8-10-36(23)26(38)35-19-4-6-21(18-3-2-9-31-14-18)22(12-19)27(28,29)30/h2-7,9,11-15H,8,10H2,1H3,(H,35,38)(H,32,33,34,37). The fraction of sp³-hybridized carbons (Fsp3) is 0.148. The molecule has 12 heteroatoms. The lowest BCUT2D eigenvalue weighted by Crippen LogP contribution is -2.33. The molecule has 0 saturated carbocycles. The van der Waals surface area contributed by atoms with Gasteiger partial charge in [0.2, 0.25) is 11.8 Å². The van der Waals surface area contributed by atoms with Crippen LogP contribution in [-0.2, 0) is 17.4 Å². The number of benzene rings is 2. The van der Waals surface area contributed by atoms with Crippen molar-refractivity contribution in [3.05, 3.63) is 84.4 Å². The molecule has 198 valence electrons. The molecule has 2 aromatic carbocycles. The predicted molar refractivity (Wildman–Crippen MR) is 138 cm³/mol. The number of hydrogen-bond acceptors (Lipinski definition) is 6. The van der Waals surface area contributed by atoms with Gasteiger partial charge in [-0.1, -0.05) is 12.1 Å². The van der Waals surface area contributed by atoms with Crippen LogP contribution in [0.2, 0.25) is 0 Å². The van der Waals surface area contributed by atoms with Gasteiger partial charge in [-0.05, 0) is 53.9 Å². The van der Waals surface area contributed by atoms with E-state index >= 15 is 0 Å². The number of carbonyl (C=O) groups is 2. The Bertz CT molecular complexity index is 1550. The van der Waals surface area contributed by atoms with E-state index in [1.165, 1.54) is 48.7 Å². The third-order valence-electron chi connectivity index (χ3n) is 5.91. The summed E-state index contributed by atoms with van der Waals surface area (Å²) in [5.74, 6) is 0.689. The monoisotopic (exact) mass is 534 g/mol. The van der Waals surface area contributed by atoms with Crippen molar-refractivity contribution in [1.82, 2.24) is 15.0 Å². The second-order valence-corrected chi connectivity index (χ2v) is 8.65. The largest absolute Gasteiger partial charge is 0.439 e. The number of ether oxygens (including phenoxy) is 1. The molecule has 2 aromatic heterocycles. The van der Waals surface area contributed by atoms with Crippen LogP contribution in [0.5, 0.6) is 11.6 Å². The van der Waals surface area contributed by atoms with E-state index in [0.717, 1.165) is 11.6 Å². The molecule has 0 radical (unpaired) electrons. The first-order chi connectivity index (χ1) is 18.7. The number of halogens is 3. The van der Waals surface area contributed by atoms with Crippen molar-refractivity contribution in [2.75, 3.05) is 22.1 Å². The van der Waals surface area contributed by atoms with Gasteiger partial charge in [0, 0.05) is 48.9 Å². The molecule has 3 heterocycles. The fourth-order valence-corrected chi connectivity index (χ4v) is 4.24. The molecule has 0 bridgehead atoms. The van der Waals surface area contributed by atoms with Crippen molar-refractivity contribution in [2.45, 2.75) is 19.5 Å². The van der Waals surface area contributed by atoms with Crippen LogP contribution >= 0.6 is 0 Å². The number of aromatic nitrogens is 3. The van der Waals surface area contributed by atoms with Crippen molar-refractivity contribution in [1.29, 1.82) is 0 Å². The SMILES string of the molecule is CC(=O)Nc1cc(Oc2ccc3c(c2)CCN3C(=O)Nc2ccc(-c3cccnc3)c(C(F)(F)F)c2)ncn1. The number of hydrogen-bond donors (Lipinski definition) is 2. The van der Waals surface area contributed by atoms with Crippen LogP contribution in [-0.4, -0.2) is 33.4 Å². The number of alkyl halides is 3. The molecular formula is C27H21F3N6O3. The molecule has 0 spiro atoms. The molecule has 1 aliphatic rings. The Morgan fingerprint density at radius 2 is 1.87 bits per heavy atom. The molecule has 0 fully saturated rings. The number of nitrogens with zero attached hydrogens (tertiary/aromatic N) is 4. The lowest BCUT2D eigenvalue weighted by Gasteiger charge is -2.20. The zero-order chi connectivity index (χ0) is 27.6. The Labute approximate surface area is 220 Å². The topological polar surface area (TPSA) is 109 Å². The van der Waals surface area contributed by atoms with Gasteiger partial charge < -0.3 is 15.4 Å². The highest BCUT2D eigenvalue weighted by Gasteiger charge is 2.34. The second-order valence-electron chi connectivity index (χ2n) is 8.65. The lowest BCUT2D eigenvalue weighted by atomic mass is 10.00. The molecule has 0 unspecified atom stereocenters. The van der Waals surface area contributed by atoms with Crippen LogP contribution < -0.4 is 20.3 Å². The molecule has 0 atom stereocenters. The third kappa shape index (κ3) is 5.79. The summed E-state index contributed by atoms with van der Waals surface area (Å²) < 4.78 is 47.3. The van der Waals surface area contributed by atoms with Crippen molar-refractivity contribution < 1.29 is 27.5 Å². The minimum atomic E-state index is -4.63. The summed E-state index contributed by atoms with van der Waals surface area (Å²) in [5.41, 5.74) is 0.879. The van der Waals surface area contributed by atoms with Gasteiger partial charge in [0.25, 0.3) is 0 Å². The van der Waals surface area contributed by atoms with E-state index in [1.54, 1.807) is 30.3 Å². The first kappa shape index (κ1) is 25.6. The van der Waals surface area contributed by atoms with E-state index in [1.807, 2.05) is 0 Å². The van der Waals surface area contributed by atoms with E-state index in [4.69, 9.17) is 4.74 Å². The zero-order valence-corrected chi connectivity index (χ0v) is 20.5. The average molecular weight is 534 g/mol. The summed E-state index contributed by atoms with van der Waals surface area (Å²) in [4.78, 5) is 37.6. The lowest BCUT2D eigenvalue weighted by molar-refractivity contribution is -0.137. The van der Waals surface area contributed by atoms with Crippen LogP contribution in [0.15, 0.2) is 73.3 Å². The minimum absolute atomic E-state index is 0.0205. The number of pyridine rings is 1. The Hall–Kier alpha value is -5.00.